The molecule has 24 heavy (non-hydrogen) atoms. The largest absolute Gasteiger partial charge is 0.481 e. The van der Waals surface area contributed by atoms with Crippen LogP contribution in [0.15, 0.2) is 46.3 Å². The minimum atomic E-state index is -0.661. The van der Waals surface area contributed by atoms with E-state index in [0.29, 0.717) is 22.5 Å². The summed E-state index contributed by atoms with van der Waals surface area (Å²) >= 11 is 7.33. The predicted molar refractivity (Wildman–Crippen MR) is 91.0 cm³/mol. The summed E-state index contributed by atoms with van der Waals surface area (Å²) in [6.07, 6.45) is -0.661. The quantitative estimate of drug-likeness (QED) is 0.724. The number of amides is 1. The zero-order chi connectivity index (χ0) is 16.9. The second kappa shape index (κ2) is 7.46. The van der Waals surface area contributed by atoms with Gasteiger partial charge in [-0.05, 0) is 42.6 Å². The molecule has 0 fully saturated rings. The lowest BCUT2D eigenvalue weighted by Crippen LogP contribution is -2.35. The molecule has 124 valence electrons. The lowest BCUT2D eigenvalue weighted by Gasteiger charge is -2.13. The van der Waals surface area contributed by atoms with Crippen LogP contribution in [-0.2, 0) is 11.3 Å². The number of aromatic nitrogens is 2. The fourth-order valence-corrected chi connectivity index (χ4v) is 2.68. The van der Waals surface area contributed by atoms with E-state index in [-0.39, 0.29) is 12.5 Å². The number of ether oxygens (including phenoxy) is 1. The van der Waals surface area contributed by atoms with Gasteiger partial charge >= 0.3 is 0 Å². The molecule has 0 aliphatic rings. The first-order valence-corrected chi connectivity index (χ1v) is 8.44. The van der Waals surface area contributed by atoms with Crippen molar-refractivity contribution in [3.63, 3.8) is 0 Å². The summed E-state index contributed by atoms with van der Waals surface area (Å²) in [5.41, 5.74) is 0. The Morgan fingerprint density at radius 3 is 2.88 bits per heavy atom. The Hall–Kier alpha value is -2.38. The molecule has 6 nitrogen and oxygen atoms in total. The number of nitrogens with one attached hydrogen (secondary N) is 1. The van der Waals surface area contributed by atoms with Crippen molar-refractivity contribution in [2.75, 3.05) is 0 Å². The third-order valence-electron chi connectivity index (χ3n) is 3.12. The van der Waals surface area contributed by atoms with Crippen LogP contribution in [0.1, 0.15) is 12.8 Å². The summed E-state index contributed by atoms with van der Waals surface area (Å²) in [6, 6.07) is 10.6. The molecule has 2 aromatic heterocycles. The number of carbonyl (C=O) groups is 1. The Morgan fingerprint density at radius 1 is 1.38 bits per heavy atom. The molecule has 1 N–H and O–H groups in total. The lowest BCUT2D eigenvalue weighted by molar-refractivity contribution is -0.127. The monoisotopic (exact) mass is 363 g/mol. The van der Waals surface area contributed by atoms with Crippen molar-refractivity contribution >= 4 is 28.8 Å². The van der Waals surface area contributed by atoms with E-state index in [9.17, 15) is 4.79 Å². The highest BCUT2D eigenvalue weighted by atomic mass is 35.5. The summed E-state index contributed by atoms with van der Waals surface area (Å²) in [6.45, 7) is 1.81. The molecule has 0 spiro atoms. The molecule has 0 radical (unpaired) electrons. The van der Waals surface area contributed by atoms with Crippen LogP contribution < -0.4 is 10.1 Å². The fourth-order valence-electron chi connectivity index (χ4n) is 1.91. The van der Waals surface area contributed by atoms with Gasteiger partial charge in [0.05, 0.1) is 11.4 Å². The molecule has 2 heterocycles. The molecule has 0 bridgehead atoms. The molecule has 1 aromatic carbocycles. The van der Waals surface area contributed by atoms with Crippen LogP contribution in [-0.4, -0.2) is 22.2 Å². The van der Waals surface area contributed by atoms with E-state index in [1.165, 1.54) is 11.3 Å². The molecule has 1 amide bonds. The van der Waals surface area contributed by atoms with Crippen LogP contribution >= 0.6 is 22.9 Å². The molecular weight excluding hydrogens is 350 g/mol. The van der Waals surface area contributed by atoms with Crippen LogP contribution in [0, 0.1) is 0 Å². The molecule has 3 aromatic rings. The fraction of sp³-hybridized carbons (Fsp3) is 0.188. The van der Waals surface area contributed by atoms with Crippen molar-refractivity contribution in [3.05, 3.63) is 52.7 Å². The van der Waals surface area contributed by atoms with Gasteiger partial charge in [-0.15, -0.1) is 11.3 Å². The van der Waals surface area contributed by atoms with E-state index >= 15 is 0 Å². The zero-order valence-corrected chi connectivity index (χ0v) is 14.3. The third kappa shape index (κ3) is 4.12. The number of thiophene rings is 1. The maximum atomic E-state index is 12.1. The van der Waals surface area contributed by atoms with Crippen molar-refractivity contribution in [1.82, 2.24) is 15.5 Å². The number of halogens is 1. The van der Waals surface area contributed by atoms with Crippen molar-refractivity contribution < 1.29 is 14.1 Å². The Kier molecular flexibility index (Phi) is 5.12. The van der Waals surface area contributed by atoms with Crippen molar-refractivity contribution in [1.29, 1.82) is 0 Å². The molecule has 0 unspecified atom stereocenters. The first-order chi connectivity index (χ1) is 11.6. The van der Waals surface area contributed by atoms with Gasteiger partial charge in [-0.2, -0.15) is 4.98 Å². The van der Waals surface area contributed by atoms with Crippen LogP contribution in [0.5, 0.6) is 5.75 Å². The van der Waals surface area contributed by atoms with Crippen LogP contribution in [0.3, 0.4) is 0 Å². The predicted octanol–water partition coefficient (Wildman–Crippen LogP) is 3.54. The van der Waals surface area contributed by atoms with E-state index < -0.39 is 6.10 Å². The van der Waals surface area contributed by atoms with E-state index in [4.69, 9.17) is 20.9 Å². The topological polar surface area (TPSA) is 77.2 Å². The summed E-state index contributed by atoms with van der Waals surface area (Å²) in [7, 11) is 0. The van der Waals surface area contributed by atoms with Crippen molar-refractivity contribution in [3.8, 4) is 16.5 Å². The maximum absolute atomic E-state index is 12.1. The van der Waals surface area contributed by atoms with Gasteiger partial charge in [0.1, 0.15) is 5.75 Å². The second-order valence-corrected chi connectivity index (χ2v) is 6.30. The zero-order valence-electron chi connectivity index (χ0n) is 12.7. The first-order valence-electron chi connectivity index (χ1n) is 7.18. The highest BCUT2D eigenvalue weighted by Gasteiger charge is 2.16. The molecule has 0 saturated carbocycles. The highest BCUT2D eigenvalue weighted by Crippen LogP contribution is 2.21. The maximum Gasteiger partial charge on any atom is 0.261 e. The first kappa shape index (κ1) is 16.5. The second-order valence-electron chi connectivity index (χ2n) is 4.92. The molecule has 0 aliphatic carbocycles. The highest BCUT2D eigenvalue weighted by molar-refractivity contribution is 7.13. The van der Waals surface area contributed by atoms with Crippen molar-refractivity contribution in [2.24, 2.45) is 0 Å². The summed E-state index contributed by atoms with van der Waals surface area (Å²) in [5.74, 6) is 1.14. The van der Waals surface area contributed by atoms with Gasteiger partial charge in [-0.25, -0.2) is 0 Å². The minimum absolute atomic E-state index is 0.144. The smallest absolute Gasteiger partial charge is 0.261 e. The molecule has 3 rings (SSSR count). The lowest BCUT2D eigenvalue weighted by atomic mass is 10.3. The van der Waals surface area contributed by atoms with E-state index in [0.717, 1.165) is 4.88 Å². The van der Waals surface area contributed by atoms with E-state index in [1.807, 2.05) is 17.5 Å². The van der Waals surface area contributed by atoms with Crippen molar-refractivity contribution in [2.45, 2.75) is 19.6 Å². The summed E-state index contributed by atoms with van der Waals surface area (Å²) in [5, 5.41) is 9.13. The number of carbonyl (C=O) groups excluding carboxylic acids is 1. The SMILES string of the molecule is C[C@H](Oc1ccc(Cl)cc1)C(=O)NCc1nc(-c2cccs2)no1. The number of benzene rings is 1. The molecule has 0 saturated heterocycles. The van der Waals surface area contributed by atoms with Crippen LogP contribution in [0.2, 0.25) is 5.02 Å². The van der Waals surface area contributed by atoms with Crippen LogP contribution in [0.4, 0.5) is 0 Å². The van der Waals surface area contributed by atoms with Gasteiger partial charge in [0, 0.05) is 5.02 Å². The van der Waals surface area contributed by atoms with Gasteiger partial charge in [-0.1, -0.05) is 22.8 Å². The minimum Gasteiger partial charge on any atom is -0.481 e. The molecule has 8 heteroatoms. The number of nitrogens with zero attached hydrogens (tertiary/aromatic N) is 2. The average molecular weight is 364 g/mol. The normalized spacial score (nSPS) is 11.9. The van der Waals surface area contributed by atoms with Gasteiger partial charge in [0.25, 0.3) is 5.91 Å². The van der Waals surface area contributed by atoms with E-state index in [1.54, 1.807) is 31.2 Å². The van der Waals surface area contributed by atoms with Gasteiger partial charge in [0.15, 0.2) is 6.10 Å². The van der Waals surface area contributed by atoms with Gasteiger partial charge in [-0.3, -0.25) is 4.79 Å². The van der Waals surface area contributed by atoms with E-state index in [2.05, 4.69) is 15.5 Å². The van der Waals surface area contributed by atoms with Crippen LogP contribution in [0.25, 0.3) is 10.7 Å². The summed E-state index contributed by atoms with van der Waals surface area (Å²) in [4.78, 5) is 17.2. The standard InChI is InChI=1S/C16H14ClN3O3S/c1-10(22-12-6-4-11(17)5-7-12)16(21)18-9-14-19-15(20-23-14)13-3-2-8-24-13/h2-8,10H,9H2,1H3,(H,18,21)/t10-/m0/s1. The average Bonchev–Trinajstić information content (AvgIpc) is 3.25. The Morgan fingerprint density at radius 2 is 2.17 bits per heavy atom. The Labute approximate surface area is 147 Å². The van der Waals surface area contributed by atoms with Gasteiger partial charge in [0.2, 0.25) is 11.7 Å². The number of hydrogen-bond donors (Lipinski definition) is 1. The van der Waals surface area contributed by atoms with Gasteiger partial charge < -0.3 is 14.6 Å². The summed E-state index contributed by atoms with van der Waals surface area (Å²) < 4.78 is 10.7. The number of hydrogen-bond acceptors (Lipinski definition) is 6. The Balaban J connectivity index is 1.52. The Bertz CT molecular complexity index is 802. The molecular formula is C16H14ClN3O3S. The third-order valence-corrected chi connectivity index (χ3v) is 4.24. The molecule has 0 aliphatic heterocycles. The molecule has 1 atom stereocenters. The number of rotatable bonds is 6.